The van der Waals surface area contributed by atoms with Gasteiger partial charge in [0.15, 0.2) is 0 Å². The molecule has 0 heterocycles. The van der Waals surface area contributed by atoms with E-state index in [1.54, 1.807) is 18.2 Å². The SMILES string of the molecule is CCC(CCO)CNCc1cccc(Cl)c1F. The van der Waals surface area contributed by atoms with Crippen molar-refractivity contribution in [2.75, 3.05) is 13.2 Å². The second-order valence-corrected chi connectivity index (χ2v) is 4.54. The van der Waals surface area contributed by atoms with Crippen LogP contribution in [0.4, 0.5) is 4.39 Å². The fraction of sp³-hybridized carbons (Fsp3) is 0.538. The minimum Gasteiger partial charge on any atom is -0.396 e. The number of benzene rings is 1. The van der Waals surface area contributed by atoms with Crippen molar-refractivity contribution >= 4 is 11.6 Å². The Morgan fingerprint density at radius 3 is 2.88 bits per heavy atom. The van der Waals surface area contributed by atoms with Gasteiger partial charge in [-0.2, -0.15) is 0 Å². The zero-order chi connectivity index (χ0) is 12.7. The van der Waals surface area contributed by atoms with E-state index in [1.807, 2.05) is 0 Å². The number of aliphatic hydroxyl groups excluding tert-OH is 1. The normalized spacial score (nSPS) is 12.7. The molecule has 96 valence electrons. The molecule has 0 bridgehead atoms. The van der Waals surface area contributed by atoms with Gasteiger partial charge in [0.25, 0.3) is 0 Å². The molecule has 0 aliphatic carbocycles. The maximum Gasteiger partial charge on any atom is 0.146 e. The van der Waals surface area contributed by atoms with Crippen LogP contribution < -0.4 is 5.32 Å². The molecule has 0 aromatic heterocycles. The summed E-state index contributed by atoms with van der Waals surface area (Å²) < 4.78 is 13.5. The van der Waals surface area contributed by atoms with Crippen LogP contribution in [0.1, 0.15) is 25.3 Å². The highest BCUT2D eigenvalue weighted by atomic mass is 35.5. The topological polar surface area (TPSA) is 32.3 Å². The molecule has 1 aromatic rings. The van der Waals surface area contributed by atoms with Crippen LogP contribution in [0.25, 0.3) is 0 Å². The molecule has 2 N–H and O–H groups in total. The van der Waals surface area contributed by atoms with E-state index in [9.17, 15) is 4.39 Å². The van der Waals surface area contributed by atoms with Gasteiger partial charge in [-0.25, -0.2) is 4.39 Å². The average molecular weight is 260 g/mol. The summed E-state index contributed by atoms with van der Waals surface area (Å²) >= 11 is 5.70. The number of rotatable bonds is 7. The lowest BCUT2D eigenvalue weighted by Gasteiger charge is -2.14. The van der Waals surface area contributed by atoms with E-state index in [-0.39, 0.29) is 17.4 Å². The number of hydrogen-bond acceptors (Lipinski definition) is 2. The van der Waals surface area contributed by atoms with Crippen molar-refractivity contribution in [3.63, 3.8) is 0 Å². The van der Waals surface area contributed by atoms with Crippen molar-refractivity contribution in [2.45, 2.75) is 26.3 Å². The Morgan fingerprint density at radius 2 is 2.24 bits per heavy atom. The first-order valence-electron chi connectivity index (χ1n) is 5.93. The van der Waals surface area contributed by atoms with E-state index in [1.165, 1.54) is 0 Å². The molecular weight excluding hydrogens is 241 g/mol. The molecule has 0 saturated carbocycles. The number of hydrogen-bond donors (Lipinski definition) is 2. The highest BCUT2D eigenvalue weighted by Gasteiger charge is 2.08. The zero-order valence-electron chi connectivity index (χ0n) is 10.0. The first-order valence-corrected chi connectivity index (χ1v) is 6.31. The average Bonchev–Trinajstić information content (AvgIpc) is 2.33. The molecule has 1 aromatic carbocycles. The van der Waals surface area contributed by atoms with Gasteiger partial charge in [0.2, 0.25) is 0 Å². The Labute approximate surface area is 107 Å². The van der Waals surface area contributed by atoms with Gasteiger partial charge in [0, 0.05) is 18.7 Å². The van der Waals surface area contributed by atoms with E-state index >= 15 is 0 Å². The highest BCUT2D eigenvalue weighted by Crippen LogP contribution is 2.17. The molecule has 1 rings (SSSR count). The summed E-state index contributed by atoms with van der Waals surface area (Å²) in [7, 11) is 0. The molecule has 4 heteroatoms. The summed E-state index contributed by atoms with van der Waals surface area (Å²) in [6.45, 7) is 3.53. The van der Waals surface area contributed by atoms with Crippen molar-refractivity contribution in [1.82, 2.24) is 5.32 Å². The number of aliphatic hydroxyl groups is 1. The smallest absolute Gasteiger partial charge is 0.146 e. The van der Waals surface area contributed by atoms with Crippen molar-refractivity contribution in [3.8, 4) is 0 Å². The summed E-state index contributed by atoms with van der Waals surface area (Å²) in [4.78, 5) is 0. The molecule has 0 saturated heterocycles. The quantitative estimate of drug-likeness (QED) is 0.789. The Hall–Kier alpha value is -0.640. The first-order chi connectivity index (χ1) is 8.19. The van der Waals surface area contributed by atoms with E-state index in [0.29, 0.717) is 18.0 Å². The van der Waals surface area contributed by atoms with E-state index < -0.39 is 0 Å². The fourth-order valence-corrected chi connectivity index (χ4v) is 1.92. The van der Waals surface area contributed by atoms with Crippen LogP contribution in [0.5, 0.6) is 0 Å². The summed E-state index contributed by atoms with van der Waals surface area (Å²) in [6.07, 6.45) is 1.78. The van der Waals surface area contributed by atoms with Crippen molar-refractivity contribution < 1.29 is 9.50 Å². The predicted octanol–water partition coefficient (Wildman–Crippen LogP) is 2.98. The lowest BCUT2D eigenvalue weighted by atomic mass is 10.0. The van der Waals surface area contributed by atoms with Crippen LogP contribution >= 0.6 is 11.6 Å². The number of halogens is 2. The van der Waals surface area contributed by atoms with E-state index in [0.717, 1.165) is 19.4 Å². The van der Waals surface area contributed by atoms with Gasteiger partial charge in [-0.05, 0) is 24.9 Å². The summed E-state index contributed by atoms with van der Waals surface area (Å²) in [5.74, 6) is 0.0825. The van der Waals surface area contributed by atoms with Crippen LogP contribution in [-0.2, 0) is 6.54 Å². The zero-order valence-corrected chi connectivity index (χ0v) is 10.8. The molecule has 17 heavy (non-hydrogen) atoms. The Bertz CT molecular complexity index is 346. The standard InChI is InChI=1S/C13H19ClFNO/c1-2-10(6-7-17)8-16-9-11-4-3-5-12(14)13(11)15/h3-5,10,16-17H,2,6-9H2,1H3. The third kappa shape index (κ3) is 4.62. The Balaban J connectivity index is 2.42. The lowest BCUT2D eigenvalue weighted by molar-refractivity contribution is 0.251. The largest absolute Gasteiger partial charge is 0.396 e. The Morgan fingerprint density at radius 1 is 1.47 bits per heavy atom. The Kier molecular flexibility index (Phi) is 6.48. The second-order valence-electron chi connectivity index (χ2n) is 4.13. The third-order valence-corrected chi connectivity index (χ3v) is 3.19. The monoisotopic (exact) mass is 259 g/mol. The van der Waals surface area contributed by atoms with Crippen molar-refractivity contribution in [3.05, 3.63) is 34.6 Å². The van der Waals surface area contributed by atoms with Gasteiger partial charge < -0.3 is 10.4 Å². The van der Waals surface area contributed by atoms with Crippen molar-refractivity contribution in [1.29, 1.82) is 0 Å². The van der Waals surface area contributed by atoms with Crippen LogP contribution in [0.2, 0.25) is 5.02 Å². The van der Waals surface area contributed by atoms with Crippen LogP contribution in [0, 0.1) is 11.7 Å². The van der Waals surface area contributed by atoms with Gasteiger partial charge in [-0.3, -0.25) is 0 Å². The molecule has 1 unspecified atom stereocenters. The molecule has 0 fully saturated rings. The summed E-state index contributed by atoms with van der Waals surface area (Å²) in [5, 5.41) is 12.2. The summed E-state index contributed by atoms with van der Waals surface area (Å²) in [5.41, 5.74) is 0.580. The maximum atomic E-state index is 13.5. The predicted molar refractivity (Wildman–Crippen MR) is 68.6 cm³/mol. The second kappa shape index (κ2) is 7.64. The molecule has 2 nitrogen and oxygen atoms in total. The maximum absolute atomic E-state index is 13.5. The van der Waals surface area contributed by atoms with Crippen LogP contribution in [0.3, 0.4) is 0 Å². The fourth-order valence-electron chi connectivity index (χ4n) is 1.73. The molecule has 0 radical (unpaired) electrons. The number of nitrogens with one attached hydrogen (secondary N) is 1. The summed E-state index contributed by atoms with van der Waals surface area (Å²) in [6, 6.07) is 5.01. The minimum absolute atomic E-state index is 0.159. The van der Waals surface area contributed by atoms with Gasteiger partial charge >= 0.3 is 0 Å². The highest BCUT2D eigenvalue weighted by molar-refractivity contribution is 6.30. The van der Waals surface area contributed by atoms with E-state index in [2.05, 4.69) is 12.2 Å². The van der Waals surface area contributed by atoms with Crippen LogP contribution in [-0.4, -0.2) is 18.3 Å². The molecular formula is C13H19ClFNO. The molecule has 0 aliphatic heterocycles. The van der Waals surface area contributed by atoms with Gasteiger partial charge in [0.1, 0.15) is 5.82 Å². The van der Waals surface area contributed by atoms with Crippen LogP contribution in [0.15, 0.2) is 18.2 Å². The van der Waals surface area contributed by atoms with Gasteiger partial charge in [0.05, 0.1) is 5.02 Å². The molecule has 0 amide bonds. The van der Waals surface area contributed by atoms with E-state index in [4.69, 9.17) is 16.7 Å². The third-order valence-electron chi connectivity index (χ3n) is 2.89. The minimum atomic E-state index is -0.350. The lowest BCUT2D eigenvalue weighted by Crippen LogP contribution is -2.23. The van der Waals surface area contributed by atoms with Gasteiger partial charge in [-0.15, -0.1) is 0 Å². The molecule has 0 aliphatic rings. The molecule has 1 atom stereocenters. The first kappa shape index (κ1) is 14.4. The van der Waals surface area contributed by atoms with Gasteiger partial charge in [-0.1, -0.05) is 37.1 Å². The molecule has 0 spiro atoms. The van der Waals surface area contributed by atoms with Crippen molar-refractivity contribution in [2.24, 2.45) is 5.92 Å².